The van der Waals surface area contributed by atoms with E-state index in [1.54, 1.807) is 4.90 Å². The van der Waals surface area contributed by atoms with E-state index in [4.69, 9.17) is 0 Å². The zero-order chi connectivity index (χ0) is 27.7. The summed E-state index contributed by atoms with van der Waals surface area (Å²) < 4.78 is 55.9. The molecule has 1 aliphatic carbocycles. The number of hydrogen-bond donors (Lipinski definition) is 1. The molecule has 5 rings (SSSR count). The van der Waals surface area contributed by atoms with Crippen LogP contribution in [0, 0.1) is 23.0 Å². The third-order valence-corrected chi connectivity index (χ3v) is 9.11. The number of piperidine rings is 2. The predicted octanol–water partition coefficient (Wildman–Crippen LogP) is 4.89. The molecule has 2 aliphatic heterocycles. The van der Waals surface area contributed by atoms with Gasteiger partial charge in [-0.1, -0.05) is 18.9 Å². The first-order valence-electron chi connectivity index (χ1n) is 13.7. The van der Waals surface area contributed by atoms with Gasteiger partial charge < -0.3 is 15.1 Å². The topological polar surface area (TPSA) is 70.5 Å². The van der Waals surface area contributed by atoms with Crippen LogP contribution in [0.1, 0.15) is 68.7 Å². The fourth-order valence-corrected chi connectivity index (χ4v) is 6.94. The Labute approximate surface area is 225 Å². The van der Waals surface area contributed by atoms with E-state index in [0.29, 0.717) is 44.6 Å². The first kappa shape index (κ1) is 27.6. The lowest BCUT2D eigenvalue weighted by Crippen LogP contribution is -2.57. The Balaban J connectivity index is 1.36. The minimum absolute atomic E-state index is 0.0984. The van der Waals surface area contributed by atoms with Crippen molar-refractivity contribution >= 4 is 6.03 Å². The smallest absolute Gasteiger partial charge is 0.320 e. The zero-order valence-corrected chi connectivity index (χ0v) is 22.1. The lowest BCUT2D eigenvalue weighted by Gasteiger charge is -2.49. The molecule has 1 aromatic heterocycles. The minimum Gasteiger partial charge on any atom is -0.324 e. The number of halogens is 4. The van der Waals surface area contributed by atoms with Gasteiger partial charge in [0.25, 0.3) is 12.0 Å². The second-order valence-electron chi connectivity index (χ2n) is 11.2. The molecule has 212 valence electrons. The van der Waals surface area contributed by atoms with Crippen LogP contribution >= 0.6 is 0 Å². The number of urea groups is 1. The first-order chi connectivity index (χ1) is 18.7. The number of nitrogens with zero attached hydrogens (tertiary/aromatic N) is 4. The van der Waals surface area contributed by atoms with Crippen molar-refractivity contribution in [2.24, 2.45) is 11.3 Å². The molecular formula is C28H35F4N5O2. The number of hydrogen-bond acceptors (Lipinski definition) is 4. The maximum Gasteiger partial charge on any atom is 0.320 e. The van der Waals surface area contributed by atoms with Gasteiger partial charge in [0.15, 0.2) is 0 Å². The van der Waals surface area contributed by atoms with Gasteiger partial charge in [-0.15, -0.1) is 0 Å². The Morgan fingerprint density at radius 1 is 1.15 bits per heavy atom. The van der Waals surface area contributed by atoms with Gasteiger partial charge in [-0.3, -0.25) is 9.36 Å². The predicted molar refractivity (Wildman–Crippen MR) is 137 cm³/mol. The second-order valence-corrected chi connectivity index (χ2v) is 11.2. The quantitative estimate of drug-likeness (QED) is 0.540. The van der Waals surface area contributed by atoms with Crippen LogP contribution in [0.3, 0.4) is 0 Å². The van der Waals surface area contributed by atoms with Crippen LogP contribution in [-0.4, -0.2) is 58.1 Å². The zero-order valence-electron chi connectivity index (χ0n) is 22.1. The summed E-state index contributed by atoms with van der Waals surface area (Å²) in [6.45, 7) is 1.83. The van der Waals surface area contributed by atoms with Gasteiger partial charge in [0.1, 0.15) is 17.3 Å². The molecule has 11 heteroatoms. The Morgan fingerprint density at radius 2 is 1.92 bits per heavy atom. The maximum absolute atomic E-state index is 14.9. The molecule has 1 spiro atoms. The van der Waals surface area contributed by atoms with Crippen LogP contribution in [0.5, 0.6) is 0 Å². The van der Waals surface area contributed by atoms with Crippen LogP contribution in [-0.2, 0) is 6.54 Å². The Morgan fingerprint density at radius 3 is 2.59 bits per heavy atom. The molecule has 1 N–H and O–H groups in total. The lowest BCUT2D eigenvalue weighted by atomic mass is 9.69. The summed E-state index contributed by atoms with van der Waals surface area (Å²) in [7, 11) is 1.84. The molecule has 2 saturated heterocycles. The summed E-state index contributed by atoms with van der Waals surface area (Å²) in [4.78, 5) is 33.9. The van der Waals surface area contributed by atoms with E-state index in [2.05, 4.69) is 10.3 Å². The minimum atomic E-state index is -2.80. The fraction of sp³-hybridized carbons (Fsp3) is 0.607. The highest BCUT2D eigenvalue weighted by Gasteiger charge is 2.47. The van der Waals surface area contributed by atoms with Crippen molar-refractivity contribution in [1.29, 1.82) is 0 Å². The van der Waals surface area contributed by atoms with E-state index >= 15 is 0 Å². The van der Waals surface area contributed by atoms with E-state index in [1.807, 2.05) is 11.9 Å². The van der Waals surface area contributed by atoms with Gasteiger partial charge in [-0.2, -0.15) is 0 Å². The molecule has 0 bridgehead atoms. The summed E-state index contributed by atoms with van der Waals surface area (Å²) in [5.74, 6) is -1.21. The van der Waals surface area contributed by atoms with Gasteiger partial charge in [-0.25, -0.2) is 27.3 Å². The molecule has 0 radical (unpaired) electrons. The number of nitrogens with one attached hydrogen (secondary N) is 1. The summed E-state index contributed by atoms with van der Waals surface area (Å²) >= 11 is 0. The van der Waals surface area contributed by atoms with Crippen molar-refractivity contribution in [2.45, 2.75) is 70.0 Å². The molecule has 3 fully saturated rings. The SMILES string of the molecule is CN[C@@H]1CCN(C(=O)N2CC[C@@H](Cn3cnc(C(F)F)cc3=O)C3(CCCC3)C2)C(c2ccc(F)cc2F)C1. The molecule has 39 heavy (non-hydrogen) atoms. The van der Waals surface area contributed by atoms with E-state index in [-0.39, 0.29) is 23.4 Å². The van der Waals surface area contributed by atoms with Gasteiger partial charge in [-0.05, 0) is 56.6 Å². The Hall–Kier alpha value is -2.95. The number of carbonyl (C=O) groups excluding carboxylic acids is 1. The highest BCUT2D eigenvalue weighted by atomic mass is 19.3. The van der Waals surface area contributed by atoms with Gasteiger partial charge in [0.2, 0.25) is 0 Å². The lowest BCUT2D eigenvalue weighted by molar-refractivity contribution is 0.0205. The Kier molecular flexibility index (Phi) is 7.98. The van der Waals surface area contributed by atoms with Crippen molar-refractivity contribution in [1.82, 2.24) is 24.7 Å². The number of benzene rings is 1. The standard InChI is InChI=1S/C28H35F4N5O2/c1-33-20-7-11-37(24(13-20)21-5-4-19(29)12-22(21)30)27(39)35-10-6-18(28(16-35)8-2-3-9-28)15-36-17-34-23(26(31)32)14-25(36)38/h4-5,12,14,17-18,20,24,26,33H,2-3,6-11,13,15-16H2,1H3/t18-,20+,24?/m0/s1. The average molecular weight is 550 g/mol. The van der Waals surface area contributed by atoms with Crippen LogP contribution in [0.4, 0.5) is 22.4 Å². The molecule has 1 unspecified atom stereocenters. The highest BCUT2D eigenvalue weighted by Crippen LogP contribution is 2.49. The van der Waals surface area contributed by atoms with Crippen molar-refractivity contribution < 1.29 is 22.4 Å². The maximum atomic E-state index is 14.9. The van der Waals surface area contributed by atoms with Crippen molar-refractivity contribution in [2.75, 3.05) is 26.7 Å². The molecule has 2 amide bonds. The second kappa shape index (κ2) is 11.3. The molecule has 3 heterocycles. The van der Waals surface area contributed by atoms with E-state index in [0.717, 1.165) is 44.2 Å². The molecule has 1 saturated carbocycles. The van der Waals surface area contributed by atoms with Gasteiger partial charge >= 0.3 is 6.03 Å². The average Bonchev–Trinajstić information content (AvgIpc) is 3.38. The number of alkyl halides is 2. The van der Waals surface area contributed by atoms with Crippen LogP contribution in [0.2, 0.25) is 0 Å². The number of likely N-dealkylation sites (tertiary alicyclic amines) is 2. The Bertz CT molecular complexity index is 1250. The molecule has 3 atom stereocenters. The number of rotatable bonds is 5. The fourth-order valence-electron chi connectivity index (χ4n) is 6.94. The van der Waals surface area contributed by atoms with Crippen molar-refractivity contribution in [3.05, 3.63) is 63.8 Å². The largest absolute Gasteiger partial charge is 0.324 e. The summed E-state index contributed by atoms with van der Waals surface area (Å²) in [6.07, 6.45) is 4.19. The summed E-state index contributed by atoms with van der Waals surface area (Å²) in [5.41, 5.74) is -0.895. The third kappa shape index (κ3) is 5.55. The molecule has 3 aliphatic rings. The van der Waals surface area contributed by atoms with E-state index in [9.17, 15) is 27.2 Å². The van der Waals surface area contributed by atoms with Crippen molar-refractivity contribution in [3.63, 3.8) is 0 Å². The number of carbonyl (C=O) groups is 1. The van der Waals surface area contributed by atoms with E-state index < -0.39 is 35.4 Å². The van der Waals surface area contributed by atoms with Crippen LogP contribution in [0.25, 0.3) is 0 Å². The van der Waals surface area contributed by atoms with Crippen LogP contribution in [0.15, 0.2) is 35.4 Å². The summed E-state index contributed by atoms with van der Waals surface area (Å²) in [5, 5.41) is 3.23. The molecule has 2 aromatic rings. The molecule has 1 aromatic carbocycles. The third-order valence-electron chi connectivity index (χ3n) is 9.11. The molecular weight excluding hydrogens is 514 g/mol. The normalized spacial score (nSPS) is 25.0. The number of aromatic nitrogens is 2. The molecule has 7 nitrogen and oxygen atoms in total. The first-order valence-corrected chi connectivity index (χ1v) is 13.7. The summed E-state index contributed by atoms with van der Waals surface area (Å²) in [6, 6.07) is 3.87. The van der Waals surface area contributed by atoms with Crippen LogP contribution < -0.4 is 10.9 Å². The van der Waals surface area contributed by atoms with Gasteiger partial charge in [0, 0.05) is 49.9 Å². The highest BCUT2D eigenvalue weighted by molar-refractivity contribution is 5.75. The van der Waals surface area contributed by atoms with Gasteiger partial charge in [0.05, 0.1) is 12.4 Å². The van der Waals surface area contributed by atoms with Crippen molar-refractivity contribution in [3.8, 4) is 0 Å². The number of amides is 2. The van der Waals surface area contributed by atoms with E-state index in [1.165, 1.54) is 23.0 Å². The monoisotopic (exact) mass is 549 g/mol.